The van der Waals surface area contributed by atoms with Crippen molar-refractivity contribution in [2.75, 3.05) is 5.32 Å². The summed E-state index contributed by atoms with van der Waals surface area (Å²) in [6, 6.07) is 17.8. The fourth-order valence-corrected chi connectivity index (χ4v) is 4.31. The Morgan fingerprint density at radius 2 is 1.87 bits per heavy atom. The lowest BCUT2D eigenvalue weighted by atomic mass is 9.81. The van der Waals surface area contributed by atoms with Gasteiger partial charge in [-0.25, -0.2) is 4.68 Å². The largest absolute Gasteiger partial charge is 0.489 e. The molecular weight excluding hydrogens is 376 g/mol. The quantitative estimate of drug-likeness (QED) is 0.701. The molecule has 0 radical (unpaired) electrons. The second kappa shape index (κ2) is 7.44. The molecular formula is C24H24N4O2. The van der Waals surface area contributed by atoms with Crippen LogP contribution < -0.4 is 10.1 Å². The Kier molecular flexibility index (Phi) is 4.62. The van der Waals surface area contributed by atoms with Crippen molar-refractivity contribution in [2.45, 2.75) is 39.3 Å². The van der Waals surface area contributed by atoms with Crippen LogP contribution in [0.15, 0.2) is 65.9 Å². The van der Waals surface area contributed by atoms with Gasteiger partial charge in [0.1, 0.15) is 24.2 Å². The van der Waals surface area contributed by atoms with Crippen molar-refractivity contribution in [1.82, 2.24) is 14.8 Å². The summed E-state index contributed by atoms with van der Waals surface area (Å²) >= 11 is 0. The number of aryl methyl sites for hydroxylation is 1. The van der Waals surface area contributed by atoms with Gasteiger partial charge in [0.2, 0.25) is 5.95 Å². The number of fused-ring (bicyclic) bond motifs is 1. The normalized spacial score (nSPS) is 20.4. The molecule has 0 unspecified atom stereocenters. The van der Waals surface area contributed by atoms with E-state index in [4.69, 9.17) is 4.74 Å². The second-order valence-corrected chi connectivity index (χ2v) is 8.13. The van der Waals surface area contributed by atoms with E-state index in [-0.39, 0.29) is 11.8 Å². The van der Waals surface area contributed by atoms with Crippen LogP contribution in [0.3, 0.4) is 0 Å². The monoisotopic (exact) mass is 400 g/mol. The fourth-order valence-electron chi connectivity index (χ4n) is 4.31. The minimum Gasteiger partial charge on any atom is -0.489 e. The summed E-state index contributed by atoms with van der Waals surface area (Å²) in [4.78, 5) is 17.5. The summed E-state index contributed by atoms with van der Waals surface area (Å²) in [6.07, 6.45) is 1.42. The number of hydrogen-bond donors (Lipinski definition) is 1. The SMILES string of the molecule is Cc1nc2n(n1)[C@@H](c1ccc(OCc3ccccc3)cc1)C1=C(C[C@H](C)CC1=O)N2. The first-order valence-corrected chi connectivity index (χ1v) is 10.3. The first-order valence-electron chi connectivity index (χ1n) is 10.3. The first-order chi connectivity index (χ1) is 14.6. The molecule has 6 heteroatoms. The number of Topliss-reactive ketones (excluding diaryl/α,β-unsaturated/α-hetero) is 1. The van der Waals surface area contributed by atoms with Gasteiger partial charge in [-0.2, -0.15) is 10.1 Å². The molecule has 1 aliphatic carbocycles. The number of ether oxygens (including phenoxy) is 1. The van der Waals surface area contributed by atoms with Crippen LogP contribution in [0.1, 0.15) is 42.8 Å². The number of ketones is 1. The Morgan fingerprint density at radius 1 is 1.10 bits per heavy atom. The molecule has 1 aliphatic heterocycles. The predicted molar refractivity (Wildman–Crippen MR) is 114 cm³/mol. The van der Waals surface area contributed by atoms with Crippen molar-refractivity contribution in [3.63, 3.8) is 0 Å². The molecule has 6 nitrogen and oxygen atoms in total. The van der Waals surface area contributed by atoms with Crippen LogP contribution >= 0.6 is 0 Å². The molecule has 2 aliphatic rings. The number of hydrogen-bond acceptors (Lipinski definition) is 5. The number of nitrogens with one attached hydrogen (secondary N) is 1. The summed E-state index contributed by atoms with van der Waals surface area (Å²) in [5.41, 5.74) is 3.92. The van der Waals surface area contributed by atoms with Crippen LogP contribution in [0.2, 0.25) is 0 Å². The van der Waals surface area contributed by atoms with Crippen LogP contribution in [0.25, 0.3) is 0 Å². The van der Waals surface area contributed by atoms with Crippen LogP contribution in [0.4, 0.5) is 5.95 Å². The Labute approximate surface area is 175 Å². The predicted octanol–water partition coefficient (Wildman–Crippen LogP) is 4.43. The molecule has 0 spiro atoms. The molecule has 30 heavy (non-hydrogen) atoms. The molecule has 0 saturated heterocycles. The number of rotatable bonds is 4. The zero-order valence-corrected chi connectivity index (χ0v) is 17.1. The molecule has 152 valence electrons. The summed E-state index contributed by atoms with van der Waals surface area (Å²) < 4.78 is 7.76. The van der Waals surface area contributed by atoms with E-state index in [9.17, 15) is 4.79 Å². The van der Waals surface area contributed by atoms with E-state index >= 15 is 0 Å². The van der Waals surface area contributed by atoms with Crippen molar-refractivity contribution < 1.29 is 9.53 Å². The van der Waals surface area contributed by atoms with Crippen LogP contribution in [-0.2, 0) is 11.4 Å². The fraction of sp³-hybridized carbons (Fsp3) is 0.292. The van der Waals surface area contributed by atoms with Gasteiger partial charge in [0.25, 0.3) is 0 Å². The van der Waals surface area contributed by atoms with Gasteiger partial charge in [0, 0.05) is 17.7 Å². The minimum absolute atomic E-state index is 0.185. The Balaban J connectivity index is 1.46. The van der Waals surface area contributed by atoms with Crippen molar-refractivity contribution >= 4 is 11.7 Å². The molecule has 0 fully saturated rings. The highest BCUT2D eigenvalue weighted by Crippen LogP contribution is 2.41. The minimum atomic E-state index is -0.263. The van der Waals surface area contributed by atoms with Gasteiger partial charge in [-0.3, -0.25) is 4.79 Å². The van der Waals surface area contributed by atoms with Gasteiger partial charge in [0.15, 0.2) is 5.78 Å². The molecule has 5 rings (SSSR count). The third kappa shape index (κ3) is 3.38. The summed E-state index contributed by atoms with van der Waals surface area (Å²) in [5, 5.41) is 7.93. The van der Waals surface area contributed by atoms with E-state index in [0.29, 0.717) is 30.7 Å². The molecule has 0 bridgehead atoms. The van der Waals surface area contributed by atoms with Gasteiger partial charge >= 0.3 is 0 Å². The van der Waals surface area contributed by atoms with E-state index in [2.05, 4.69) is 22.3 Å². The molecule has 1 N–H and O–H groups in total. The molecule has 2 aromatic carbocycles. The third-order valence-corrected chi connectivity index (χ3v) is 5.67. The van der Waals surface area contributed by atoms with Crippen molar-refractivity contribution in [2.24, 2.45) is 5.92 Å². The van der Waals surface area contributed by atoms with Gasteiger partial charge < -0.3 is 10.1 Å². The molecule has 1 aromatic heterocycles. The average Bonchev–Trinajstić information content (AvgIpc) is 3.11. The van der Waals surface area contributed by atoms with E-state index in [1.807, 2.05) is 66.2 Å². The maximum atomic E-state index is 13.0. The Hall–Kier alpha value is -3.41. The number of nitrogens with zero attached hydrogens (tertiary/aromatic N) is 3. The van der Waals surface area contributed by atoms with Crippen LogP contribution in [-0.4, -0.2) is 20.5 Å². The summed E-state index contributed by atoms with van der Waals surface area (Å²) in [6.45, 7) is 4.50. The smallest absolute Gasteiger partial charge is 0.226 e. The summed E-state index contributed by atoms with van der Waals surface area (Å²) in [7, 11) is 0. The number of benzene rings is 2. The third-order valence-electron chi connectivity index (χ3n) is 5.67. The molecule has 3 aromatic rings. The van der Waals surface area contributed by atoms with Gasteiger partial charge in [0.05, 0.1) is 0 Å². The Morgan fingerprint density at radius 3 is 2.63 bits per heavy atom. The maximum Gasteiger partial charge on any atom is 0.226 e. The van der Waals surface area contributed by atoms with E-state index < -0.39 is 0 Å². The van der Waals surface area contributed by atoms with Gasteiger partial charge in [-0.1, -0.05) is 49.4 Å². The van der Waals surface area contributed by atoms with Crippen molar-refractivity contribution in [3.05, 3.63) is 82.8 Å². The Bertz CT molecular complexity index is 1120. The highest BCUT2D eigenvalue weighted by molar-refractivity contribution is 5.99. The number of carbonyl (C=O) groups is 1. The van der Waals surface area contributed by atoms with E-state index in [0.717, 1.165) is 34.6 Å². The lowest BCUT2D eigenvalue weighted by Gasteiger charge is -2.34. The standard InChI is InChI=1S/C24H24N4O2/c1-15-12-20-22(21(29)13-15)23(28-24(26-20)25-16(2)27-28)18-8-10-19(11-9-18)30-14-17-6-4-3-5-7-17/h3-11,15,23H,12-14H2,1-2H3,(H,25,26,27)/t15-,23-/m0/s1. The van der Waals surface area contributed by atoms with Gasteiger partial charge in [-0.15, -0.1) is 0 Å². The lowest BCUT2D eigenvalue weighted by molar-refractivity contribution is -0.117. The van der Waals surface area contributed by atoms with Crippen molar-refractivity contribution in [1.29, 1.82) is 0 Å². The molecule has 2 atom stereocenters. The lowest BCUT2D eigenvalue weighted by Crippen LogP contribution is -2.33. The second-order valence-electron chi connectivity index (χ2n) is 8.13. The number of allylic oxidation sites excluding steroid dienone is 2. The van der Waals surface area contributed by atoms with Crippen LogP contribution in [0.5, 0.6) is 5.75 Å². The highest BCUT2D eigenvalue weighted by atomic mass is 16.5. The van der Waals surface area contributed by atoms with E-state index in [1.54, 1.807) is 0 Å². The van der Waals surface area contributed by atoms with Crippen molar-refractivity contribution in [3.8, 4) is 5.75 Å². The topological polar surface area (TPSA) is 69.0 Å². The van der Waals surface area contributed by atoms with E-state index in [1.165, 1.54) is 0 Å². The summed E-state index contributed by atoms with van der Waals surface area (Å²) in [5.74, 6) is 2.69. The van der Waals surface area contributed by atoms with Gasteiger partial charge in [-0.05, 0) is 42.5 Å². The highest BCUT2D eigenvalue weighted by Gasteiger charge is 2.38. The number of carbonyl (C=O) groups excluding carboxylic acids is 1. The first kappa shape index (κ1) is 18.6. The molecule has 0 amide bonds. The molecule has 0 saturated carbocycles. The average molecular weight is 400 g/mol. The zero-order valence-electron chi connectivity index (χ0n) is 17.1. The van der Waals surface area contributed by atoms with Crippen LogP contribution in [0, 0.1) is 12.8 Å². The number of aromatic nitrogens is 3. The maximum absolute atomic E-state index is 13.0. The molecule has 2 heterocycles. The number of anilines is 1. The zero-order chi connectivity index (χ0) is 20.7.